The van der Waals surface area contributed by atoms with Gasteiger partial charge in [0, 0.05) is 41.0 Å². The van der Waals surface area contributed by atoms with Crippen LogP contribution in [-0.2, 0) is 61.7 Å². The van der Waals surface area contributed by atoms with Crippen LogP contribution in [0.15, 0.2) is 115 Å². The largest absolute Gasteiger partial charge is 0.460 e. The molecule has 2 N–H and O–H groups in total. The van der Waals surface area contributed by atoms with Crippen LogP contribution in [0.1, 0.15) is 62.3 Å². The van der Waals surface area contributed by atoms with Crippen molar-refractivity contribution in [2.45, 2.75) is 107 Å². The minimum Gasteiger partial charge on any atom is -0.460 e. The maximum atomic E-state index is 15.9. The first-order valence-corrected chi connectivity index (χ1v) is 22.1. The molecule has 8 atom stereocenters. The number of carbonyl (C=O) groups is 4. The molecular weight excluding hydrogens is 905 g/mol. The highest BCUT2D eigenvalue weighted by Gasteiger charge is 2.77. The lowest BCUT2D eigenvalue weighted by molar-refractivity contribution is -0.214. The van der Waals surface area contributed by atoms with Crippen molar-refractivity contribution in [3.05, 3.63) is 141 Å². The van der Waals surface area contributed by atoms with Gasteiger partial charge in [0.05, 0.1) is 19.2 Å². The van der Waals surface area contributed by atoms with E-state index in [-0.39, 0.29) is 32.2 Å². The fraction of sp³-hybridized carbons (Fsp3) is 0.417. The number of halogens is 1. The van der Waals surface area contributed by atoms with Crippen LogP contribution in [0.3, 0.4) is 0 Å². The molecule has 8 rings (SSSR count). The maximum Gasteiger partial charge on any atom is 0.327 e. The third-order valence-corrected chi connectivity index (χ3v) is 13.2. The van der Waals surface area contributed by atoms with Gasteiger partial charge in [0.2, 0.25) is 17.6 Å². The lowest BCUT2D eigenvalue weighted by Crippen LogP contribution is -2.70. The third kappa shape index (κ3) is 8.40. The summed E-state index contributed by atoms with van der Waals surface area (Å²) in [6.07, 6.45) is -3.46. The fourth-order valence-corrected chi connectivity index (χ4v) is 9.93. The van der Waals surface area contributed by atoms with E-state index < -0.39 is 89.7 Å². The lowest BCUT2D eigenvalue weighted by atomic mass is 9.62. The summed E-state index contributed by atoms with van der Waals surface area (Å²) in [4.78, 5) is 65.9. The Morgan fingerprint density at radius 3 is 2.11 bits per heavy atom. The van der Waals surface area contributed by atoms with Crippen LogP contribution in [0.25, 0.3) is 0 Å². The Morgan fingerprint density at radius 2 is 1.50 bits per heavy atom. The molecule has 1 saturated carbocycles. The quantitative estimate of drug-likeness (QED) is 0.123. The average Bonchev–Trinajstić information content (AvgIpc) is 3.84. The van der Waals surface area contributed by atoms with E-state index in [0.29, 0.717) is 11.1 Å². The fourth-order valence-electron chi connectivity index (χ4n) is 9.37. The number of esters is 2. The minimum absolute atomic E-state index is 0.0392. The molecule has 4 aliphatic rings. The Balaban J connectivity index is 1.18. The van der Waals surface area contributed by atoms with Gasteiger partial charge < -0.3 is 34.3 Å². The van der Waals surface area contributed by atoms with E-state index in [1.54, 1.807) is 32.9 Å². The Kier molecular flexibility index (Phi) is 12.6. The zero-order chi connectivity index (χ0) is 43.8. The van der Waals surface area contributed by atoms with Crippen LogP contribution in [-0.4, -0.2) is 101 Å². The summed E-state index contributed by atoms with van der Waals surface area (Å²) in [5, 5.41) is 14.8. The number of ether oxygens (including phenoxy) is 4. The first kappa shape index (κ1) is 43.9. The average molecular weight is 958 g/mol. The first-order valence-electron chi connectivity index (χ1n) is 21.0. The van der Waals surface area contributed by atoms with Crippen molar-refractivity contribution < 1.29 is 48.1 Å². The summed E-state index contributed by atoms with van der Waals surface area (Å²) in [6, 6.07) is 33.0. The van der Waals surface area contributed by atoms with Crippen molar-refractivity contribution in [3.8, 4) is 0 Å². The summed E-state index contributed by atoms with van der Waals surface area (Å²) in [6.45, 7) is 5.02. The topological polar surface area (TPSA) is 153 Å². The number of benzene rings is 4. The van der Waals surface area contributed by atoms with E-state index in [9.17, 15) is 19.5 Å². The van der Waals surface area contributed by atoms with E-state index in [4.69, 9.17) is 23.8 Å². The van der Waals surface area contributed by atoms with Gasteiger partial charge >= 0.3 is 11.9 Å². The van der Waals surface area contributed by atoms with Crippen LogP contribution < -0.4 is 5.32 Å². The first-order chi connectivity index (χ1) is 29.7. The molecule has 4 aromatic rings. The smallest absolute Gasteiger partial charge is 0.327 e. The standard InChI is InChI=1S/C48H52IN3O10/c1-46(2,3)59-38(54)25-24-34(29-53)50-43(55)36(26-30-16-8-5-9-17-30)51(4)45(57)47-27-37-39-40(61-48(60-39,32-19-10-6-11-20-32)33-21-12-7-13-22-33)42(47)62-52(41(47)44(56)58-37)28-31-18-14-15-23-35(31)49/h5-23,34,36-37,39-42,53H,24-29H2,1-4H3,(H,50,55). The van der Waals surface area contributed by atoms with Crippen LogP contribution in [0.4, 0.5) is 0 Å². The maximum absolute atomic E-state index is 15.9. The number of aliphatic hydroxyl groups is 1. The van der Waals surface area contributed by atoms with Crippen molar-refractivity contribution in [1.82, 2.24) is 15.3 Å². The van der Waals surface area contributed by atoms with E-state index in [2.05, 4.69) is 27.9 Å². The molecule has 14 heteroatoms. The Bertz CT molecular complexity index is 2220. The van der Waals surface area contributed by atoms with E-state index in [1.165, 1.54) is 4.90 Å². The molecule has 0 spiro atoms. The van der Waals surface area contributed by atoms with E-state index >= 15 is 4.79 Å². The highest BCUT2D eigenvalue weighted by atomic mass is 127. The van der Waals surface area contributed by atoms with Gasteiger partial charge in [-0.1, -0.05) is 109 Å². The van der Waals surface area contributed by atoms with E-state index in [1.807, 2.05) is 115 Å². The van der Waals surface area contributed by atoms with Gasteiger partial charge in [-0.3, -0.25) is 24.0 Å². The molecular formula is C48H52IN3O10. The van der Waals surface area contributed by atoms with Crippen LogP contribution in [0.2, 0.25) is 0 Å². The molecule has 2 amide bonds. The monoisotopic (exact) mass is 957 g/mol. The second-order valence-corrected chi connectivity index (χ2v) is 18.6. The second kappa shape index (κ2) is 17.8. The molecule has 13 nitrogen and oxygen atoms in total. The number of aliphatic hydroxyl groups excluding tert-OH is 1. The number of amides is 2. The Hall–Kier alpha value is -4.71. The molecule has 4 aromatic carbocycles. The zero-order valence-corrected chi connectivity index (χ0v) is 37.3. The SMILES string of the molecule is CN(C(=O)C12CC3OC(=O)C1N(Cc1ccccc1I)OC2C1OC(c2ccccc2)(c2ccccc2)OC31)C(Cc1ccccc1)C(=O)NC(CO)CCC(=O)OC(C)(C)C. The Morgan fingerprint density at radius 1 is 0.903 bits per heavy atom. The van der Waals surface area contributed by atoms with Crippen molar-refractivity contribution in [2.75, 3.05) is 13.7 Å². The molecule has 0 aromatic heterocycles. The summed E-state index contributed by atoms with van der Waals surface area (Å²) < 4.78 is 26.9. The Labute approximate surface area is 375 Å². The molecule has 62 heavy (non-hydrogen) atoms. The van der Waals surface area contributed by atoms with Gasteiger partial charge in [-0.25, -0.2) is 0 Å². The van der Waals surface area contributed by atoms with Gasteiger partial charge in [-0.2, -0.15) is 5.06 Å². The third-order valence-electron chi connectivity index (χ3n) is 12.2. The van der Waals surface area contributed by atoms with Crippen LogP contribution in [0.5, 0.6) is 0 Å². The predicted molar refractivity (Wildman–Crippen MR) is 235 cm³/mol. The molecule has 3 aliphatic heterocycles. The molecule has 4 fully saturated rings. The number of hydroxylamine groups is 2. The van der Waals surface area contributed by atoms with Crippen molar-refractivity contribution in [2.24, 2.45) is 5.41 Å². The number of likely N-dealkylation sites (N-methyl/N-ethyl adjacent to an activating group) is 1. The van der Waals surface area contributed by atoms with E-state index in [0.717, 1.165) is 14.7 Å². The molecule has 8 unspecified atom stereocenters. The highest BCUT2D eigenvalue weighted by molar-refractivity contribution is 14.1. The van der Waals surface area contributed by atoms with Gasteiger partial charge in [-0.15, -0.1) is 0 Å². The lowest BCUT2D eigenvalue weighted by Gasteiger charge is -2.50. The summed E-state index contributed by atoms with van der Waals surface area (Å²) in [7, 11) is 1.56. The number of carbonyl (C=O) groups excluding carboxylic acids is 4. The number of rotatable bonds is 14. The van der Waals surface area contributed by atoms with Crippen LogP contribution >= 0.6 is 22.6 Å². The van der Waals surface area contributed by atoms with Crippen molar-refractivity contribution in [1.29, 1.82) is 0 Å². The molecule has 0 radical (unpaired) electrons. The highest BCUT2D eigenvalue weighted by Crippen LogP contribution is 2.60. The van der Waals surface area contributed by atoms with Crippen LogP contribution in [0, 0.1) is 8.99 Å². The number of nitrogens with one attached hydrogen (secondary N) is 1. The van der Waals surface area contributed by atoms with Gasteiger partial charge in [-0.05, 0) is 67.0 Å². The zero-order valence-electron chi connectivity index (χ0n) is 35.1. The minimum atomic E-state index is -1.59. The normalized spacial score (nSPS) is 25.8. The number of hydrogen-bond donors (Lipinski definition) is 2. The molecule has 1 aliphatic carbocycles. The number of nitrogens with zero attached hydrogens (tertiary/aromatic N) is 2. The predicted octanol–water partition coefficient (Wildman–Crippen LogP) is 5.45. The van der Waals surface area contributed by atoms with Crippen molar-refractivity contribution in [3.63, 3.8) is 0 Å². The van der Waals surface area contributed by atoms with Gasteiger partial charge in [0.1, 0.15) is 41.5 Å². The summed E-state index contributed by atoms with van der Waals surface area (Å²) >= 11 is 2.24. The summed E-state index contributed by atoms with van der Waals surface area (Å²) in [5.41, 5.74) is 0.809. The molecule has 326 valence electrons. The number of hydrogen-bond acceptors (Lipinski definition) is 11. The molecule has 2 bridgehead atoms. The van der Waals surface area contributed by atoms with Gasteiger partial charge in [0.25, 0.3) is 0 Å². The molecule has 3 heterocycles. The van der Waals surface area contributed by atoms with Gasteiger partial charge in [0.15, 0.2) is 6.04 Å². The molecule has 3 saturated heterocycles. The summed E-state index contributed by atoms with van der Waals surface area (Å²) in [5.74, 6) is -3.57. The second-order valence-electron chi connectivity index (χ2n) is 17.5. The van der Waals surface area contributed by atoms with Crippen molar-refractivity contribution >= 4 is 46.3 Å². The number of fused-ring (bicyclic) bond motifs is 4.